The summed E-state index contributed by atoms with van der Waals surface area (Å²) in [6.07, 6.45) is 4.42. The average Bonchev–Trinajstić information content (AvgIpc) is 2.03. The molecule has 0 aromatic heterocycles. The van der Waals surface area contributed by atoms with Crippen molar-refractivity contribution in [3.05, 3.63) is 47.4 Å². The summed E-state index contributed by atoms with van der Waals surface area (Å²) in [6.45, 7) is 10.7. The van der Waals surface area contributed by atoms with E-state index in [1.807, 2.05) is 0 Å². The number of nitrogens with two attached hydrogens (primary N) is 1. The van der Waals surface area contributed by atoms with E-state index in [4.69, 9.17) is 5.14 Å². The Morgan fingerprint density at radius 3 is 2.14 bits per heavy atom. The highest BCUT2D eigenvalue weighted by Gasteiger charge is 2.08. The molecule has 0 amide bonds. The van der Waals surface area contributed by atoms with Crippen LogP contribution in [0.2, 0.25) is 0 Å². The molecular weight excluding hydrogens is 198 g/mol. The third-order valence-electron chi connectivity index (χ3n) is 1.63. The van der Waals surface area contributed by atoms with Crippen molar-refractivity contribution in [3.8, 4) is 0 Å². The van der Waals surface area contributed by atoms with Crippen LogP contribution in [0.15, 0.2) is 47.4 Å². The zero-order chi connectivity index (χ0) is 11.4. The van der Waals surface area contributed by atoms with Crippen LogP contribution in [-0.2, 0) is 10.0 Å². The lowest BCUT2D eigenvalue weighted by atomic mass is 10.1. The number of hydrogen-bond acceptors (Lipinski definition) is 2. The van der Waals surface area contributed by atoms with Crippen molar-refractivity contribution in [2.24, 2.45) is 5.14 Å². The Bertz CT molecular complexity index is 400. The van der Waals surface area contributed by atoms with Gasteiger partial charge in [-0.25, -0.2) is 13.6 Å². The molecular formula is C10H15NO2S. The van der Waals surface area contributed by atoms with Gasteiger partial charge in [0.05, 0.1) is 4.91 Å². The molecule has 0 saturated heterocycles. The minimum atomic E-state index is -3.69. The average molecular weight is 213 g/mol. The Morgan fingerprint density at radius 2 is 1.93 bits per heavy atom. The van der Waals surface area contributed by atoms with Crippen LogP contribution in [0, 0.1) is 0 Å². The highest BCUT2D eigenvalue weighted by Crippen LogP contribution is 2.13. The molecule has 14 heavy (non-hydrogen) atoms. The minimum Gasteiger partial charge on any atom is -0.225 e. The molecule has 0 saturated carbocycles. The zero-order valence-corrected chi connectivity index (χ0v) is 9.26. The second-order valence-electron chi connectivity index (χ2n) is 2.82. The molecule has 4 heteroatoms. The van der Waals surface area contributed by atoms with E-state index in [-0.39, 0.29) is 4.91 Å². The van der Waals surface area contributed by atoms with Gasteiger partial charge in [0.1, 0.15) is 0 Å². The number of allylic oxidation sites excluding steroid dienone is 5. The lowest BCUT2D eigenvalue weighted by molar-refractivity contribution is 0.604. The van der Waals surface area contributed by atoms with E-state index in [1.54, 1.807) is 19.9 Å². The van der Waals surface area contributed by atoms with Crippen molar-refractivity contribution in [3.63, 3.8) is 0 Å². The van der Waals surface area contributed by atoms with Crippen LogP contribution in [0.4, 0.5) is 0 Å². The summed E-state index contributed by atoms with van der Waals surface area (Å²) in [4.78, 5) is -0.00593. The summed E-state index contributed by atoms with van der Waals surface area (Å²) in [5, 5.41) is 4.97. The predicted octanol–water partition coefficient (Wildman–Crippen LogP) is 1.87. The van der Waals surface area contributed by atoms with Crippen molar-refractivity contribution < 1.29 is 8.42 Å². The van der Waals surface area contributed by atoms with E-state index in [1.165, 1.54) is 12.2 Å². The fraction of sp³-hybridized carbons (Fsp3) is 0.200. The first-order valence-electron chi connectivity index (χ1n) is 4.02. The molecule has 0 unspecified atom stereocenters. The highest BCUT2D eigenvalue weighted by molar-refractivity contribution is 7.93. The number of rotatable bonds is 4. The predicted molar refractivity (Wildman–Crippen MR) is 60.0 cm³/mol. The standard InChI is InChI=1S/C10H15NO2S/c1-5-9(8(3)4)7-10(6-2)14(11,12)13/h5-7H,2-3H2,1,4H3,(H2,11,12,13)/b9-5+,10-7+. The van der Waals surface area contributed by atoms with Crippen LogP contribution in [0.25, 0.3) is 0 Å². The van der Waals surface area contributed by atoms with Crippen LogP contribution in [0.3, 0.4) is 0 Å². The molecule has 0 aliphatic carbocycles. The van der Waals surface area contributed by atoms with Gasteiger partial charge in [0.25, 0.3) is 0 Å². The third kappa shape index (κ3) is 3.72. The highest BCUT2D eigenvalue weighted by atomic mass is 32.2. The molecule has 0 spiro atoms. The first-order valence-corrected chi connectivity index (χ1v) is 5.56. The van der Waals surface area contributed by atoms with E-state index in [2.05, 4.69) is 13.2 Å². The van der Waals surface area contributed by atoms with Gasteiger partial charge in [-0.2, -0.15) is 0 Å². The Hall–Kier alpha value is -1.13. The normalized spacial score (nSPS) is 13.9. The maximum Gasteiger partial charge on any atom is 0.238 e. The second-order valence-corrected chi connectivity index (χ2v) is 4.38. The molecule has 0 radical (unpaired) electrons. The molecule has 0 heterocycles. The topological polar surface area (TPSA) is 60.2 Å². The Kier molecular flexibility index (Phi) is 4.53. The summed E-state index contributed by atoms with van der Waals surface area (Å²) >= 11 is 0. The fourth-order valence-corrected chi connectivity index (χ4v) is 1.39. The molecule has 3 nitrogen and oxygen atoms in total. The van der Waals surface area contributed by atoms with Gasteiger partial charge in [0.15, 0.2) is 0 Å². The molecule has 0 aromatic rings. The van der Waals surface area contributed by atoms with E-state index in [0.29, 0.717) is 0 Å². The monoisotopic (exact) mass is 213 g/mol. The van der Waals surface area contributed by atoms with Crippen LogP contribution < -0.4 is 5.14 Å². The maximum atomic E-state index is 11.0. The molecule has 0 rings (SSSR count). The molecule has 0 fully saturated rings. The summed E-state index contributed by atoms with van der Waals surface area (Å²) in [6, 6.07) is 0. The van der Waals surface area contributed by atoms with E-state index in [9.17, 15) is 8.42 Å². The molecule has 0 aromatic carbocycles. The second kappa shape index (κ2) is 4.93. The molecule has 0 aliphatic heterocycles. The van der Waals surface area contributed by atoms with Crippen molar-refractivity contribution in [1.82, 2.24) is 0 Å². The summed E-state index contributed by atoms with van der Waals surface area (Å²) in [5.41, 5.74) is 1.50. The minimum absolute atomic E-state index is 0.00593. The van der Waals surface area contributed by atoms with E-state index >= 15 is 0 Å². The van der Waals surface area contributed by atoms with Crippen molar-refractivity contribution in [2.75, 3.05) is 0 Å². The van der Waals surface area contributed by atoms with Gasteiger partial charge in [0, 0.05) is 0 Å². The van der Waals surface area contributed by atoms with Crippen LogP contribution in [0.1, 0.15) is 13.8 Å². The quantitative estimate of drug-likeness (QED) is 0.725. The number of primary sulfonamides is 1. The van der Waals surface area contributed by atoms with Crippen molar-refractivity contribution in [1.29, 1.82) is 0 Å². The van der Waals surface area contributed by atoms with Crippen LogP contribution in [-0.4, -0.2) is 8.42 Å². The summed E-state index contributed by atoms with van der Waals surface area (Å²) < 4.78 is 22.0. The third-order valence-corrected chi connectivity index (χ3v) is 2.57. The van der Waals surface area contributed by atoms with Crippen molar-refractivity contribution in [2.45, 2.75) is 13.8 Å². The van der Waals surface area contributed by atoms with Gasteiger partial charge in [-0.05, 0) is 31.6 Å². The van der Waals surface area contributed by atoms with Gasteiger partial charge in [-0.1, -0.05) is 24.8 Å². The summed E-state index contributed by atoms with van der Waals surface area (Å²) in [5.74, 6) is 0. The van der Waals surface area contributed by atoms with Crippen LogP contribution >= 0.6 is 0 Å². The van der Waals surface area contributed by atoms with E-state index < -0.39 is 10.0 Å². The maximum absolute atomic E-state index is 11.0. The zero-order valence-electron chi connectivity index (χ0n) is 8.45. The molecule has 2 N–H and O–H groups in total. The van der Waals surface area contributed by atoms with Gasteiger partial charge < -0.3 is 0 Å². The van der Waals surface area contributed by atoms with Crippen molar-refractivity contribution >= 4 is 10.0 Å². The summed E-state index contributed by atoms with van der Waals surface area (Å²) in [7, 11) is -3.69. The lowest BCUT2D eigenvalue weighted by Gasteiger charge is -2.02. The van der Waals surface area contributed by atoms with Gasteiger partial charge >= 0.3 is 0 Å². The fourth-order valence-electron chi connectivity index (χ4n) is 0.863. The first kappa shape index (κ1) is 12.9. The SMILES string of the molecule is C=C/C(=C\C(=C/C)C(=C)C)S(N)(=O)=O. The number of hydrogen-bond donors (Lipinski definition) is 1. The first-order chi connectivity index (χ1) is 6.32. The molecule has 78 valence electrons. The Balaban J connectivity index is 5.36. The molecule has 0 atom stereocenters. The lowest BCUT2D eigenvalue weighted by Crippen LogP contribution is -2.13. The van der Waals surface area contributed by atoms with Crippen LogP contribution in [0.5, 0.6) is 0 Å². The van der Waals surface area contributed by atoms with E-state index in [0.717, 1.165) is 11.1 Å². The molecule has 0 bridgehead atoms. The Labute approximate surface area is 85.4 Å². The van der Waals surface area contributed by atoms with Gasteiger partial charge in [0.2, 0.25) is 10.0 Å². The Morgan fingerprint density at radius 1 is 1.43 bits per heavy atom. The van der Waals surface area contributed by atoms with Gasteiger partial charge in [-0.3, -0.25) is 0 Å². The smallest absolute Gasteiger partial charge is 0.225 e. The number of sulfonamides is 1. The molecule has 0 aliphatic rings. The largest absolute Gasteiger partial charge is 0.238 e. The van der Waals surface area contributed by atoms with Gasteiger partial charge in [-0.15, -0.1) is 0 Å².